The van der Waals surface area contributed by atoms with Gasteiger partial charge in [-0.05, 0) is 12.1 Å². The van der Waals surface area contributed by atoms with Gasteiger partial charge in [-0.2, -0.15) is 0 Å². The van der Waals surface area contributed by atoms with Crippen molar-refractivity contribution in [1.29, 1.82) is 0 Å². The molecule has 1 aliphatic rings. The van der Waals surface area contributed by atoms with Crippen molar-refractivity contribution in [2.75, 3.05) is 25.3 Å². The van der Waals surface area contributed by atoms with E-state index in [1.165, 1.54) is 0 Å². The summed E-state index contributed by atoms with van der Waals surface area (Å²) in [6.07, 6.45) is 0. The number of nitrogens with zero attached hydrogens (tertiary/aromatic N) is 1. The Labute approximate surface area is 88.5 Å². The largest absolute Gasteiger partial charge is 0.493 e. The Bertz CT molecular complexity index is 357. The van der Waals surface area contributed by atoms with Crippen molar-refractivity contribution in [3.63, 3.8) is 0 Å². The molecular formula is C10H15N3O2. The van der Waals surface area contributed by atoms with Crippen LogP contribution in [0.5, 0.6) is 11.5 Å². The molecule has 5 nitrogen and oxygen atoms in total. The van der Waals surface area contributed by atoms with Crippen molar-refractivity contribution in [3.8, 4) is 11.5 Å². The van der Waals surface area contributed by atoms with Gasteiger partial charge in [-0.3, -0.25) is 5.01 Å². The van der Waals surface area contributed by atoms with Crippen LogP contribution in [0, 0.1) is 0 Å². The highest BCUT2D eigenvalue weighted by molar-refractivity contribution is 5.65. The normalized spacial score (nSPS) is 19.4. The number of anilines is 1. The van der Waals surface area contributed by atoms with Crippen molar-refractivity contribution in [2.45, 2.75) is 6.04 Å². The van der Waals surface area contributed by atoms with E-state index in [0.717, 1.165) is 5.69 Å². The molecule has 1 aromatic carbocycles. The van der Waals surface area contributed by atoms with E-state index in [1.54, 1.807) is 12.1 Å². The molecule has 15 heavy (non-hydrogen) atoms. The summed E-state index contributed by atoms with van der Waals surface area (Å²) >= 11 is 0. The van der Waals surface area contributed by atoms with Crippen molar-refractivity contribution in [2.24, 2.45) is 11.6 Å². The number of hydrazine groups is 1. The summed E-state index contributed by atoms with van der Waals surface area (Å²) in [6, 6.07) is 5.62. The van der Waals surface area contributed by atoms with Crippen LogP contribution >= 0.6 is 0 Å². The molecule has 1 unspecified atom stereocenters. The van der Waals surface area contributed by atoms with E-state index in [4.69, 9.17) is 21.1 Å². The zero-order valence-corrected chi connectivity index (χ0v) is 8.64. The van der Waals surface area contributed by atoms with Gasteiger partial charge in [-0.15, -0.1) is 0 Å². The minimum absolute atomic E-state index is 0.0182. The Hall–Kier alpha value is -1.46. The molecule has 0 radical (unpaired) electrons. The molecule has 82 valence electrons. The summed E-state index contributed by atoms with van der Waals surface area (Å²) < 4.78 is 10.8. The third-order valence-corrected chi connectivity index (χ3v) is 2.54. The highest BCUT2D eigenvalue weighted by atomic mass is 16.5. The Morgan fingerprint density at radius 2 is 2.40 bits per heavy atom. The maximum absolute atomic E-state index is 5.94. The quantitative estimate of drug-likeness (QED) is 0.675. The van der Waals surface area contributed by atoms with E-state index in [0.29, 0.717) is 24.7 Å². The molecule has 4 N–H and O–H groups in total. The number of benzene rings is 1. The van der Waals surface area contributed by atoms with Crippen LogP contribution in [-0.4, -0.2) is 26.3 Å². The fourth-order valence-corrected chi connectivity index (χ4v) is 1.65. The average molecular weight is 209 g/mol. The summed E-state index contributed by atoms with van der Waals surface area (Å²) in [4.78, 5) is 0. The first-order valence-electron chi connectivity index (χ1n) is 4.81. The predicted molar refractivity (Wildman–Crippen MR) is 58.0 cm³/mol. The van der Waals surface area contributed by atoms with E-state index in [9.17, 15) is 0 Å². The van der Waals surface area contributed by atoms with Gasteiger partial charge in [0.15, 0.2) is 11.5 Å². The third-order valence-electron chi connectivity index (χ3n) is 2.54. The second kappa shape index (κ2) is 3.96. The summed E-state index contributed by atoms with van der Waals surface area (Å²) in [5.74, 6) is 7.32. The molecule has 1 heterocycles. The summed E-state index contributed by atoms with van der Waals surface area (Å²) in [5, 5.41) is 1.64. The van der Waals surface area contributed by atoms with Crippen LogP contribution in [0.3, 0.4) is 0 Å². The smallest absolute Gasteiger partial charge is 0.185 e. The number of nitrogens with two attached hydrogens (primary N) is 2. The third kappa shape index (κ3) is 1.60. The minimum atomic E-state index is 0.0182. The van der Waals surface area contributed by atoms with Crippen LogP contribution in [-0.2, 0) is 0 Å². The maximum atomic E-state index is 5.94. The number of fused-ring (bicyclic) bond motifs is 1. The molecule has 1 atom stereocenters. The minimum Gasteiger partial charge on any atom is -0.493 e. The zero-order valence-electron chi connectivity index (χ0n) is 8.64. The van der Waals surface area contributed by atoms with Crippen LogP contribution in [0.15, 0.2) is 18.2 Å². The van der Waals surface area contributed by atoms with E-state index in [1.807, 2.05) is 18.2 Å². The summed E-state index contributed by atoms with van der Waals surface area (Å²) in [7, 11) is 1.61. The van der Waals surface area contributed by atoms with Gasteiger partial charge in [0.05, 0.1) is 18.8 Å². The van der Waals surface area contributed by atoms with Crippen LogP contribution in [0.2, 0.25) is 0 Å². The van der Waals surface area contributed by atoms with Gasteiger partial charge in [0, 0.05) is 6.54 Å². The lowest BCUT2D eigenvalue weighted by Crippen LogP contribution is -2.51. The fourth-order valence-electron chi connectivity index (χ4n) is 1.65. The fraction of sp³-hybridized carbons (Fsp3) is 0.400. The molecule has 0 aliphatic carbocycles. The van der Waals surface area contributed by atoms with Gasteiger partial charge in [0.1, 0.15) is 6.61 Å². The van der Waals surface area contributed by atoms with Gasteiger partial charge in [0.25, 0.3) is 0 Å². The van der Waals surface area contributed by atoms with Gasteiger partial charge >= 0.3 is 0 Å². The topological polar surface area (TPSA) is 73.7 Å². The van der Waals surface area contributed by atoms with Gasteiger partial charge in [-0.25, -0.2) is 5.84 Å². The van der Waals surface area contributed by atoms with Crippen LogP contribution in [0.1, 0.15) is 0 Å². The number of rotatable bonds is 2. The Balaban J connectivity index is 2.40. The number of hydrogen-bond acceptors (Lipinski definition) is 5. The molecule has 0 amide bonds. The van der Waals surface area contributed by atoms with E-state index in [-0.39, 0.29) is 6.04 Å². The van der Waals surface area contributed by atoms with Crippen molar-refractivity contribution >= 4 is 5.69 Å². The van der Waals surface area contributed by atoms with E-state index < -0.39 is 0 Å². The van der Waals surface area contributed by atoms with E-state index in [2.05, 4.69) is 0 Å². The SMILES string of the molecule is COc1cccc2c1OCC(CN)N2N. The molecule has 5 heteroatoms. The monoisotopic (exact) mass is 209 g/mol. The molecule has 0 saturated carbocycles. The van der Waals surface area contributed by atoms with Crippen LogP contribution in [0.4, 0.5) is 5.69 Å². The molecule has 0 fully saturated rings. The van der Waals surface area contributed by atoms with Gasteiger partial charge in [-0.1, -0.05) is 6.07 Å². The zero-order chi connectivity index (χ0) is 10.8. The Morgan fingerprint density at radius 3 is 3.07 bits per heavy atom. The van der Waals surface area contributed by atoms with Crippen molar-refractivity contribution in [1.82, 2.24) is 0 Å². The first-order chi connectivity index (χ1) is 7.27. The molecule has 1 aliphatic heterocycles. The average Bonchev–Trinajstić information content (AvgIpc) is 2.29. The van der Waals surface area contributed by atoms with E-state index >= 15 is 0 Å². The van der Waals surface area contributed by atoms with Gasteiger partial charge < -0.3 is 15.2 Å². The molecule has 1 aromatic rings. The molecule has 0 aromatic heterocycles. The second-order valence-electron chi connectivity index (χ2n) is 3.42. The Kier molecular flexibility index (Phi) is 2.66. The lowest BCUT2D eigenvalue weighted by atomic mass is 10.2. The van der Waals surface area contributed by atoms with Crippen LogP contribution < -0.4 is 26.1 Å². The summed E-state index contributed by atoms with van der Waals surface area (Å²) in [5.41, 5.74) is 6.40. The molecule has 2 rings (SSSR count). The van der Waals surface area contributed by atoms with Crippen molar-refractivity contribution in [3.05, 3.63) is 18.2 Å². The second-order valence-corrected chi connectivity index (χ2v) is 3.42. The number of hydrogen-bond donors (Lipinski definition) is 2. The number of methoxy groups -OCH3 is 1. The standard InChI is InChI=1S/C10H15N3O2/c1-14-9-4-2-3-8-10(9)15-6-7(5-11)13(8)12/h2-4,7H,5-6,11-12H2,1H3. The molecule has 0 spiro atoms. The Morgan fingerprint density at radius 1 is 1.60 bits per heavy atom. The predicted octanol–water partition coefficient (Wildman–Crippen LogP) is 0.0950. The first kappa shape index (κ1) is 10.1. The lowest BCUT2D eigenvalue weighted by molar-refractivity contribution is 0.250. The van der Waals surface area contributed by atoms with Crippen molar-refractivity contribution < 1.29 is 9.47 Å². The molecular weight excluding hydrogens is 194 g/mol. The summed E-state index contributed by atoms with van der Waals surface area (Å²) in [6.45, 7) is 0.952. The highest BCUT2D eigenvalue weighted by Crippen LogP contribution is 2.39. The first-order valence-corrected chi connectivity index (χ1v) is 4.81. The number of ether oxygens (including phenoxy) is 2. The van der Waals surface area contributed by atoms with Crippen LogP contribution in [0.25, 0.3) is 0 Å². The lowest BCUT2D eigenvalue weighted by Gasteiger charge is -2.34. The van der Waals surface area contributed by atoms with Gasteiger partial charge in [0.2, 0.25) is 0 Å². The maximum Gasteiger partial charge on any atom is 0.185 e. The highest BCUT2D eigenvalue weighted by Gasteiger charge is 2.26. The number of para-hydroxylation sites is 1. The molecule has 0 bridgehead atoms. The molecule has 0 saturated heterocycles.